The molecule has 3 aromatic rings. The molecule has 0 N–H and O–H groups in total. The molecule has 0 bridgehead atoms. The van der Waals surface area contributed by atoms with Gasteiger partial charge in [-0.3, -0.25) is 10.1 Å². The summed E-state index contributed by atoms with van der Waals surface area (Å²) in [4.78, 5) is 14.4. The number of nitro groups is 1. The van der Waals surface area contributed by atoms with Gasteiger partial charge in [-0.1, -0.05) is 23.4 Å². The first-order valence-corrected chi connectivity index (χ1v) is 7.32. The lowest BCUT2D eigenvalue weighted by Crippen LogP contribution is -2.07. The minimum atomic E-state index is -0.681. The normalized spacial score (nSPS) is 12.9. The van der Waals surface area contributed by atoms with Gasteiger partial charge >= 0.3 is 0 Å². The number of non-ortho nitro benzene ring substituents is 1. The first kappa shape index (κ1) is 15.0. The van der Waals surface area contributed by atoms with Crippen LogP contribution in [-0.2, 0) is 0 Å². The molecule has 1 aliphatic rings. The molecule has 0 aliphatic carbocycles. The van der Waals surface area contributed by atoms with E-state index in [0.717, 1.165) is 29.5 Å². The Kier molecular flexibility index (Phi) is 3.50. The van der Waals surface area contributed by atoms with Crippen LogP contribution < -0.4 is 4.74 Å². The van der Waals surface area contributed by atoms with E-state index in [4.69, 9.17) is 9.26 Å². The van der Waals surface area contributed by atoms with Crippen LogP contribution in [0.3, 0.4) is 0 Å². The SMILES string of the molecule is O=[N+]([O-])c1ccc(F)c(-c2nc(C3=Cc4ccccc4OC3)no2)c1. The number of fused-ring (bicyclic) bond motifs is 1. The molecule has 0 fully saturated rings. The Morgan fingerprint density at radius 2 is 2.04 bits per heavy atom. The molecule has 0 saturated carbocycles. The van der Waals surface area contributed by atoms with Gasteiger partial charge in [0.15, 0.2) is 0 Å². The van der Waals surface area contributed by atoms with Crippen molar-refractivity contribution < 1.29 is 18.6 Å². The Hall–Kier alpha value is -3.55. The van der Waals surface area contributed by atoms with Crippen LogP contribution in [0, 0.1) is 15.9 Å². The third-order valence-corrected chi connectivity index (χ3v) is 3.74. The van der Waals surface area contributed by atoms with E-state index in [-0.39, 0.29) is 29.6 Å². The number of hydrogen-bond donors (Lipinski definition) is 0. The number of ether oxygens (including phenoxy) is 1. The maximum absolute atomic E-state index is 14.0. The van der Waals surface area contributed by atoms with Gasteiger partial charge in [-0.05, 0) is 18.2 Å². The zero-order valence-electron chi connectivity index (χ0n) is 12.7. The molecular formula is C17H10FN3O4. The van der Waals surface area contributed by atoms with Gasteiger partial charge < -0.3 is 9.26 Å². The van der Waals surface area contributed by atoms with Crippen LogP contribution in [0.15, 0.2) is 47.0 Å². The van der Waals surface area contributed by atoms with Gasteiger partial charge in [-0.2, -0.15) is 4.98 Å². The third-order valence-electron chi connectivity index (χ3n) is 3.74. The Balaban J connectivity index is 1.71. The van der Waals surface area contributed by atoms with Crippen molar-refractivity contribution in [1.29, 1.82) is 0 Å². The number of benzene rings is 2. The highest BCUT2D eigenvalue weighted by Crippen LogP contribution is 2.31. The number of halogens is 1. The molecular weight excluding hydrogens is 329 g/mol. The molecule has 2 aromatic carbocycles. The predicted molar refractivity (Wildman–Crippen MR) is 86.2 cm³/mol. The third kappa shape index (κ3) is 2.74. The van der Waals surface area contributed by atoms with Crippen molar-refractivity contribution in [3.05, 3.63) is 69.8 Å². The number of rotatable bonds is 3. The second kappa shape index (κ2) is 5.82. The fourth-order valence-corrected chi connectivity index (χ4v) is 2.50. The van der Waals surface area contributed by atoms with Crippen molar-refractivity contribution in [3.63, 3.8) is 0 Å². The summed E-state index contributed by atoms with van der Waals surface area (Å²) in [6.45, 7) is 0.243. The van der Waals surface area contributed by atoms with Crippen molar-refractivity contribution in [2.45, 2.75) is 0 Å². The summed E-state index contributed by atoms with van der Waals surface area (Å²) >= 11 is 0. The standard InChI is InChI=1S/C17H10FN3O4/c18-14-6-5-12(21(22)23)8-13(14)17-19-16(20-25-17)11-7-10-3-1-2-4-15(10)24-9-11/h1-8H,9H2. The summed E-state index contributed by atoms with van der Waals surface area (Å²) in [5.74, 6) is 0.186. The number of nitrogens with zero attached hydrogens (tertiary/aromatic N) is 3. The van der Waals surface area contributed by atoms with Gasteiger partial charge in [0, 0.05) is 23.3 Å². The van der Waals surface area contributed by atoms with Crippen LogP contribution in [0.2, 0.25) is 0 Å². The zero-order valence-corrected chi connectivity index (χ0v) is 12.7. The average Bonchev–Trinajstić information content (AvgIpc) is 3.11. The fourth-order valence-electron chi connectivity index (χ4n) is 2.50. The minimum Gasteiger partial charge on any atom is -0.488 e. The summed E-state index contributed by atoms with van der Waals surface area (Å²) in [5, 5.41) is 14.7. The molecule has 7 nitrogen and oxygen atoms in total. The van der Waals surface area contributed by atoms with Gasteiger partial charge in [0.05, 0.1) is 10.5 Å². The van der Waals surface area contributed by atoms with Gasteiger partial charge in [-0.15, -0.1) is 0 Å². The minimum absolute atomic E-state index is 0.120. The quantitative estimate of drug-likeness (QED) is 0.533. The number of hydrogen-bond acceptors (Lipinski definition) is 6. The average molecular weight is 339 g/mol. The van der Waals surface area contributed by atoms with E-state index in [1.54, 1.807) is 0 Å². The van der Waals surface area contributed by atoms with E-state index in [1.165, 1.54) is 0 Å². The highest BCUT2D eigenvalue weighted by molar-refractivity contribution is 5.83. The molecule has 1 aromatic heterocycles. The van der Waals surface area contributed by atoms with E-state index < -0.39 is 10.7 Å². The topological polar surface area (TPSA) is 91.3 Å². The number of aromatic nitrogens is 2. The lowest BCUT2D eigenvalue weighted by Gasteiger charge is -2.15. The Bertz CT molecular complexity index is 1010. The van der Waals surface area contributed by atoms with Crippen molar-refractivity contribution in [2.24, 2.45) is 0 Å². The number of nitro benzene ring substituents is 1. The molecule has 0 spiro atoms. The summed E-state index contributed by atoms with van der Waals surface area (Å²) in [5.41, 5.74) is 1.16. The molecule has 25 heavy (non-hydrogen) atoms. The molecule has 0 unspecified atom stereocenters. The second-order valence-corrected chi connectivity index (χ2v) is 5.34. The molecule has 8 heteroatoms. The number of para-hydroxylation sites is 1. The molecule has 2 heterocycles. The summed E-state index contributed by atoms with van der Waals surface area (Å²) < 4.78 is 24.7. The second-order valence-electron chi connectivity index (χ2n) is 5.34. The van der Waals surface area contributed by atoms with E-state index in [9.17, 15) is 14.5 Å². The summed E-state index contributed by atoms with van der Waals surface area (Å²) in [7, 11) is 0. The van der Waals surface area contributed by atoms with Crippen LogP contribution in [0.4, 0.5) is 10.1 Å². The monoisotopic (exact) mass is 339 g/mol. The molecule has 0 atom stereocenters. The summed E-state index contributed by atoms with van der Waals surface area (Å²) in [6.07, 6.45) is 1.86. The fraction of sp³-hybridized carbons (Fsp3) is 0.0588. The highest BCUT2D eigenvalue weighted by atomic mass is 19.1. The first-order valence-electron chi connectivity index (χ1n) is 7.32. The Morgan fingerprint density at radius 3 is 2.88 bits per heavy atom. The molecule has 0 saturated heterocycles. The Labute approximate surface area is 140 Å². The largest absolute Gasteiger partial charge is 0.488 e. The van der Waals surface area contributed by atoms with Crippen LogP contribution in [0.1, 0.15) is 11.4 Å². The Morgan fingerprint density at radius 1 is 1.20 bits per heavy atom. The van der Waals surface area contributed by atoms with Crippen molar-refractivity contribution in [2.75, 3.05) is 6.61 Å². The van der Waals surface area contributed by atoms with Gasteiger partial charge in [-0.25, -0.2) is 4.39 Å². The van der Waals surface area contributed by atoms with Gasteiger partial charge in [0.1, 0.15) is 18.2 Å². The molecule has 0 amide bonds. The van der Waals surface area contributed by atoms with Crippen LogP contribution in [0.25, 0.3) is 23.1 Å². The van der Waals surface area contributed by atoms with Crippen LogP contribution in [-0.4, -0.2) is 21.7 Å². The van der Waals surface area contributed by atoms with Crippen molar-refractivity contribution in [3.8, 4) is 17.2 Å². The lowest BCUT2D eigenvalue weighted by molar-refractivity contribution is -0.384. The van der Waals surface area contributed by atoms with E-state index in [2.05, 4.69) is 10.1 Å². The van der Waals surface area contributed by atoms with Crippen LogP contribution >= 0.6 is 0 Å². The summed E-state index contributed by atoms with van der Waals surface area (Å²) in [6, 6.07) is 10.6. The first-order chi connectivity index (χ1) is 12.1. The van der Waals surface area contributed by atoms with E-state index >= 15 is 0 Å². The lowest BCUT2D eigenvalue weighted by atomic mass is 10.1. The van der Waals surface area contributed by atoms with Crippen molar-refractivity contribution >= 4 is 17.3 Å². The van der Waals surface area contributed by atoms with E-state index in [1.807, 2.05) is 30.3 Å². The molecule has 4 rings (SSSR count). The van der Waals surface area contributed by atoms with Crippen molar-refractivity contribution in [1.82, 2.24) is 10.1 Å². The maximum Gasteiger partial charge on any atom is 0.270 e. The highest BCUT2D eigenvalue weighted by Gasteiger charge is 2.21. The molecule has 1 aliphatic heterocycles. The maximum atomic E-state index is 14.0. The zero-order chi connectivity index (χ0) is 17.4. The predicted octanol–water partition coefficient (Wildman–Crippen LogP) is 3.72. The molecule has 124 valence electrons. The smallest absolute Gasteiger partial charge is 0.270 e. The van der Waals surface area contributed by atoms with Gasteiger partial charge in [0.2, 0.25) is 5.82 Å². The molecule has 0 radical (unpaired) electrons. The van der Waals surface area contributed by atoms with Crippen LogP contribution in [0.5, 0.6) is 5.75 Å². The van der Waals surface area contributed by atoms with Gasteiger partial charge in [0.25, 0.3) is 11.6 Å². The van der Waals surface area contributed by atoms with E-state index in [0.29, 0.717) is 5.57 Å².